The Labute approximate surface area is 373 Å². The van der Waals surface area contributed by atoms with Crippen LogP contribution in [0.5, 0.6) is 0 Å². The maximum absolute atomic E-state index is 12.7. The number of hydrogen-bond donors (Lipinski definition) is 0. The fourth-order valence-corrected chi connectivity index (χ4v) is 5.82. The van der Waals surface area contributed by atoms with Gasteiger partial charge >= 0.3 is 17.9 Å². The number of carbonyl (C=O) groups is 3. The first-order valence-corrected chi connectivity index (χ1v) is 23.8. The quantitative estimate of drug-likeness (QED) is 0.0201. The Bertz CT molecular complexity index is 1380. The van der Waals surface area contributed by atoms with Gasteiger partial charge in [-0.1, -0.05) is 212 Å². The number of unbranched alkanes of at least 4 members (excludes halogenated alkanes) is 15. The summed E-state index contributed by atoms with van der Waals surface area (Å²) >= 11 is 0. The molecule has 0 aromatic carbocycles. The van der Waals surface area contributed by atoms with E-state index in [0.29, 0.717) is 12.8 Å². The molecule has 0 aromatic heterocycles. The highest BCUT2D eigenvalue weighted by Crippen LogP contribution is 2.12. The smallest absolute Gasteiger partial charge is 0.306 e. The number of esters is 3. The van der Waals surface area contributed by atoms with Crippen molar-refractivity contribution in [2.75, 3.05) is 13.2 Å². The van der Waals surface area contributed by atoms with Gasteiger partial charge in [0.1, 0.15) is 13.2 Å². The van der Waals surface area contributed by atoms with Crippen LogP contribution in [-0.4, -0.2) is 37.2 Å². The van der Waals surface area contributed by atoms with Gasteiger partial charge in [-0.25, -0.2) is 0 Å². The predicted octanol–water partition coefficient (Wildman–Crippen LogP) is 15.5. The molecule has 0 bridgehead atoms. The maximum Gasteiger partial charge on any atom is 0.306 e. The Balaban J connectivity index is 4.55. The van der Waals surface area contributed by atoms with E-state index in [-0.39, 0.29) is 37.5 Å². The average Bonchev–Trinajstić information content (AvgIpc) is 3.26. The summed E-state index contributed by atoms with van der Waals surface area (Å²) < 4.78 is 16.7. The van der Waals surface area contributed by atoms with Gasteiger partial charge < -0.3 is 14.2 Å². The fourth-order valence-electron chi connectivity index (χ4n) is 5.82. The van der Waals surface area contributed by atoms with Crippen LogP contribution in [0, 0.1) is 0 Å². The number of ether oxygens (including phenoxy) is 3. The molecule has 0 rings (SSSR count). The summed E-state index contributed by atoms with van der Waals surface area (Å²) in [4.78, 5) is 37.8. The summed E-state index contributed by atoms with van der Waals surface area (Å²) in [5.74, 6) is -1.00. The number of allylic oxidation sites excluding steroid dienone is 22. The topological polar surface area (TPSA) is 78.9 Å². The van der Waals surface area contributed by atoms with Gasteiger partial charge in [0.2, 0.25) is 0 Å². The van der Waals surface area contributed by atoms with E-state index in [1.807, 2.05) is 79.0 Å². The standard InChI is InChI=1S/C55H84O6/c1-4-7-10-13-16-19-22-24-25-26-27-28-29-31-33-36-39-42-45-48-54(57)60-51-52(50-59-53(56)47-44-41-38-35-32-21-18-15-12-9-6-3)61-55(58)49-46-43-40-37-34-30-23-20-17-14-11-8-5-2/h7-8,10-11,13-20,22-29,31,33,52H,4-6,9,12,21,30,32,34-51H2,1-3H3/b10-7-,11-8-,16-13-,17-14-,18-15-,22-19-,23-20-,25-24-,27-26+,29-28-,33-31-. The maximum atomic E-state index is 12.7. The summed E-state index contributed by atoms with van der Waals surface area (Å²) in [6.45, 7) is 6.22. The molecule has 0 saturated heterocycles. The van der Waals surface area contributed by atoms with E-state index in [1.54, 1.807) is 0 Å². The van der Waals surface area contributed by atoms with Crippen molar-refractivity contribution in [2.24, 2.45) is 0 Å². The summed E-state index contributed by atoms with van der Waals surface area (Å²) in [6, 6.07) is 0. The van der Waals surface area contributed by atoms with Crippen molar-refractivity contribution in [3.8, 4) is 0 Å². The Hall–Kier alpha value is -4.45. The van der Waals surface area contributed by atoms with E-state index < -0.39 is 6.10 Å². The van der Waals surface area contributed by atoms with Crippen molar-refractivity contribution in [1.82, 2.24) is 0 Å². The molecule has 0 aliphatic carbocycles. The highest BCUT2D eigenvalue weighted by molar-refractivity contribution is 5.71. The first kappa shape index (κ1) is 56.5. The molecular formula is C55H84O6. The molecule has 0 heterocycles. The van der Waals surface area contributed by atoms with Crippen LogP contribution < -0.4 is 0 Å². The van der Waals surface area contributed by atoms with Crippen molar-refractivity contribution >= 4 is 17.9 Å². The third-order valence-corrected chi connectivity index (χ3v) is 9.38. The Morgan fingerprint density at radius 1 is 0.344 bits per heavy atom. The summed E-state index contributed by atoms with van der Waals surface area (Å²) in [7, 11) is 0. The van der Waals surface area contributed by atoms with Gasteiger partial charge in [-0.3, -0.25) is 14.4 Å². The number of rotatable bonds is 40. The number of carbonyl (C=O) groups excluding carboxylic acids is 3. The fraction of sp³-hybridized carbons (Fsp3) is 0.545. The molecule has 0 aliphatic rings. The lowest BCUT2D eigenvalue weighted by Gasteiger charge is -2.18. The van der Waals surface area contributed by atoms with Crippen molar-refractivity contribution in [3.63, 3.8) is 0 Å². The second-order valence-electron chi connectivity index (χ2n) is 15.1. The van der Waals surface area contributed by atoms with Crippen LogP contribution in [0.15, 0.2) is 134 Å². The molecule has 0 N–H and O–H groups in total. The van der Waals surface area contributed by atoms with Crippen LogP contribution in [0.3, 0.4) is 0 Å². The van der Waals surface area contributed by atoms with E-state index in [2.05, 4.69) is 75.5 Å². The zero-order valence-corrected chi connectivity index (χ0v) is 38.6. The average molecular weight is 841 g/mol. The highest BCUT2D eigenvalue weighted by atomic mass is 16.6. The Kier molecular flexibility index (Phi) is 44.7. The molecule has 6 heteroatoms. The third kappa shape index (κ3) is 46.5. The third-order valence-electron chi connectivity index (χ3n) is 9.38. The Morgan fingerprint density at radius 2 is 0.656 bits per heavy atom. The molecule has 340 valence electrons. The molecule has 0 spiro atoms. The lowest BCUT2D eigenvalue weighted by Crippen LogP contribution is -2.30. The zero-order valence-electron chi connectivity index (χ0n) is 38.6. The van der Waals surface area contributed by atoms with Crippen molar-refractivity contribution < 1.29 is 28.6 Å². The molecule has 0 aliphatic heterocycles. The lowest BCUT2D eigenvalue weighted by atomic mass is 10.1. The van der Waals surface area contributed by atoms with Crippen molar-refractivity contribution in [1.29, 1.82) is 0 Å². The summed E-state index contributed by atoms with van der Waals surface area (Å²) in [6.07, 6.45) is 67.1. The highest BCUT2D eigenvalue weighted by Gasteiger charge is 2.19. The van der Waals surface area contributed by atoms with Gasteiger partial charge in [-0.15, -0.1) is 0 Å². The first-order valence-electron chi connectivity index (χ1n) is 23.8. The predicted molar refractivity (Wildman–Crippen MR) is 260 cm³/mol. The van der Waals surface area contributed by atoms with Crippen LogP contribution >= 0.6 is 0 Å². The minimum absolute atomic E-state index is 0.111. The van der Waals surface area contributed by atoms with Gasteiger partial charge in [0, 0.05) is 19.3 Å². The largest absolute Gasteiger partial charge is 0.462 e. The minimum Gasteiger partial charge on any atom is -0.462 e. The summed E-state index contributed by atoms with van der Waals surface area (Å²) in [5, 5.41) is 0. The van der Waals surface area contributed by atoms with Crippen molar-refractivity contribution in [2.45, 2.75) is 181 Å². The van der Waals surface area contributed by atoms with E-state index in [9.17, 15) is 14.4 Å². The molecule has 6 nitrogen and oxygen atoms in total. The first-order chi connectivity index (χ1) is 30.0. The molecule has 1 atom stereocenters. The van der Waals surface area contributed by atoms with E-state index in [4.69, 9.17) is 14.2 Å². The molecule has 0 fully saturated rings. The molecule has 1 unspecified atom stereocenters. The number of hydrogen-bond acceptors (Lipinski definition) is 6. The van der Waals surface area contributed by atoms with Gasteiger partial charge in [-0.05, 0) is 77.0 Å². The van der Waals surface area contributed by atoms with Crippen molar-refractivity contribution in [3.05, 3.63) is 134 Å². The van der Waals surface area contributed by atoms with Gasteiger partial charge in [0.25, 0.3) is 0 Å². The lowest BCUT2D eigenvalue weighted by molar-refractivity contribution is -0.167. The molecular weight excluding hydrogens is 757 g/mol. The minimum atomic E-state index is -0.814. The van der Waals surface area contributed by atoms with Crippen LogP contribution in [0.2, 0.25) is 0 Å². The second-order valence-corrected chi connectivity index (χ2v) is 15.1. The van der Waals surface area contributed by atoms with Gasteiger partial charge in [0.15, 0.2) is 6.10 Å². The van der Waals surface area contributed by atoms with Gasteiger partial charge in [-0.2, -0.15) is 0 Å². The normalized spacial score (nSPS) is 13.3. The zero-order chi connectivity index (χ0) is 44.4. The molecule has 0 amide bonds. The van der Waals surface area contributed by atoms with E-state index >= 15 is 0 Å². The van der Waals surface area contributed by atoms with Crippen LogP contribution in [-0.2, 0) is 28.6 Å². The molecule has 0 saturated carbocycles. The molecule has 0 aromatic rings. The summed E-state index contributed by atoms with van der Waals surface area (Å²) in [5.41, 5.74) is 0. The van der Waals surface area contributed by atoms with Crippen LogP contribution in [0.25, 0.3) is 0 Å². The molecule has 61 heavy (non-hydrogen) atoms. The van der Waals surface area contributed by atoms with Crippen LogP contribution in [0.4, 0.5) is 0 Å². The SMILES string of the molecule is CC\C=C/C=C\C=C/C=C\C=C\C=C/C=C\CCCCCC(=O)OCC(COC(=O)CCCCCCC/C=C\CCCC)OC(=O)CCCCCCC\C=C/C=C\C=C/CC. The molecule has 0 radical (unpaired) electrons. The monoisotopic (exact) mass is 841 g/mol. The van der Waals surface area contributed by atoms with Gasteiger partial charge in [0.05, 0.1) is 0 Å². The van der Waals surface area contributed by atoms with E-state index in [1.165, 1.54) is 25.7 Å². The Morgan fingerprint density at radius 3 is 1.07 bits per heavy atom. The van der Waals surface area contributed by atoms with E-state index in [0.717, 1.165) is 109 Å². The second kappa shape index (κ2) is 48.2. The van der Waals surface area contributed by atoms with Crippen LogP contribution in [0.1, 0.15) is 175 Å².